The lowest BCUT2D eigenvalue weighted by atomic mass is 10.2. The highest BCUT2D eigenvalue weighted by Crippen LogP contribution is 2.24. The average Bonchev–Trinajstić information content (AvgIpc) is 2.54. The highest BCUT2D eigenvalue weighted by atomic mass is 127. The van der Waals surface area contributed by atoms with Gasteiger partial charge in [-0.1, -0.05) is 0 Å². The molecule has 1 aromatic carbocycles. The van der Waals surface area contributed by atoms with Crippen LogP contribution >= 0.6 is 35.7 Å². The number of halogens is 1. The molecule has 0 atom stereocenters. The number of thioether (sulfide) groups is 1. The van der Waals surface area contributed by atoms with Gasteiger partial charge in [-0.15, -0.1) is 24.0 Å². The Hall–Kier alpha value is -0.830. The van der Waals surface area contributed by atoms with Crippen LogP contribution < -0.4 is 20.1 Å². The Morgan fingerprint density at radius 1 is 1.23 bits per heavy atom. The molecule has 1 rings (SSSR count). The molecule has 126 valence electrons. The van der Waals surface area contributed by atoms with Gasteiger partial charge in [0.1, 0.15) is 11.5 Å². The molecule has 2 N–H and O–H groups in total. The molecule has 1 aromatic rings. The Balaban J connectivity index is 0.00000441. The van der Waals surface area contributed by atoms with Gasteiger partial charge in [-0.3, -0.25) is 4.99 Å². The van der Waals surface area contributed by atoms with E-state index in [-0.39, 0.29) is 24.0 Å². The molecule has 22 heavy (non-hydrogen) atoms. The quantitative estimate of drug-likeness (QED) is 0.283. The highest BCUT2D eigenvalue weighted by molar-refractivity contribution is 14.0. The maximum atomic E-state index is 5.38. The van der Waals surface area contributed by atoms with Gasteiger partial charge in [0, 0.05) is 31.8 Å². The minimum Gasteiger partial charge on any atom is -0.497 e. The lowest BCUT2D eigenvalue weighted by Crippen LogP contribution is -2.37. The zero-order valence-corrected chi connectivity index (χ0v) is 16.8. The third-order valence-corrected chi connectivity index (χ3v) is 3.68. The van der Waals surface area contributed by atoms with Gasteiger partial charge >= 0.3 is 0 Å². The molecule has 0 saturated carbocycles. The SMILES string of the molecule is CN=C(NCCCSC)NCc1ccc(OC)cc1OC.I. The maximum absolute atomic E-state index is 5.38. The molecular weight excluding hydrogens is 413 g/mol. The van der Waals surface area contributed by atoms with Crippen LogP contribution in [0.3, 0.4) is 0 Å². The maximum Gasteiger partial charge on any atom is 0.191 e. The second-order valence-corrected chi connectivity index (χ2v) is 5.36. The van der Waals surface area contributed by atoms with Crippen LogP contribution in [0.5, 0.6) is 11.5 Å². The Bertz CT molecular complexity index is 458. The van der Waals surface area contributed by atoms with Crippen molar-refractivity contribution < 1.29 is 9.47 Å². The monoisotopic (exact) mass is 439 g/mol. The fraction of sp³-hybridized carbons (Fsp3) is 0.533. The van der Waals surface area contributed by atoms with Crippen LogP contribution in [0.4, 0.5) is 0 Å². The van der Waals surface area contributed by atoms with E-state index in [4.69, 9.17) is 9.47 Å². The molecule has 0 spiro atoms. The molecule has 0 radical (unpaired) electrons. The molecule has 0 unspecified atom stereocenters. The van der Waals surface area contributed by atoms with Crippen molar-refractivity contribution in [1.82, 2.24) is 10.6 Å². The van der Waals surface area contributed by atoms with Gasteiger partial charge in [0.15, 0.2) is 5.96 Å². The molecule has 0 aromatic heterocycles. The summed E-state index contributed by atoms with van der Waals surface area (Å²) in [4.78, 5) is 4.21. The van der Waals surface area contributed by atoms with E-state index in [1.54, 1.807) is 21.3 Å². The number of ether oxygens (including phenoxy) is 2. The van der Waals surface area contributed by atoms with Crippen LogP contribution in [0, 0.1) is 0 Å². The van der Waals surface area contributed by atoms with Gasteiger partial charge in [0.2, 0.25) is 0 Å². The smallest absolute Gasteiger partial charge is 0.191 e. The Kier molecular flexibility index (Phi) is 12.2. The van der Waals surface area contributed by atoms with E-state index in [0.29, 0.717) is 6.54 Å². The fourth-order valence-electron chi connectivity index (χ4n) is 1.82. The van der Waals surface area contributed by atoms with Crippen molar-refractivity contribution in [1.29, 1.82) is 0 Å². The molecule has 0 fully saturated rings. The predicted molar refractivity (Wildman–Crippen MR) is 106 cm³/mol. The zero-order chi connectivity index (χ0) is 15.5. The van der Waals surface area contributed by atoms with Gasteiger partial charge in [0.25, 0.3) is 0 Å². The van der Waals surface area contributed by atoms with Crippen LogP contribution in [0.1, 0.15) is 12.0 Å². The minimum absolute atomic E-state index is 0. The number of nitrogens with one attached hydrogen (secondary N) is 2. The van der Waals surface area contributed by atoms with E-state index in [0.717, 1.165) is 41.7 Å². The second-order valence-electron chi connectivity index (χ2n) is 4.38. The number of methoxy groups -OCH3 is 2. The van der Waals surface area contributed by atoms with Gasteiger partial charge in [-0.25, -0.2) is 0 Å². The summed E-state index contributed by atoms with van der Waals surface area (Å²) in [5.74, 6) is 3.54. The number of hydrogen-bond acceptors (Lipinski definition) is 4. The summed E-state index contributed by atoms with van der Waals surface area (Å²) in [6.45, 7) is 1.57. The molecule has 0 saturated heterocycles. The van der Waals surface area contributed by atoms with Gasteiger partial charge in [-0.2, -0.15) is 11.8 Å². The first-order chi connectivity index (χ1) is 10.2. The van der Waals surface area contributed by atoms with Crippen LogP contribution in [-0.4, -0.2) is 45.8 Å². The molecule has 0 aliphatic heterocycles. The highest BCUT2D eigenvalue weighted by Gasteiger charge is 2.06. The first kappa shape index (κ1) is 21.2. The van der Waals surface area contributed by atoms with Gasteiger partial charge in [-0.05, 0) is 30.6 Å². The van der Waals surface area contributed by atoms with Crippen LogP contribution in [0.25, 0.3) is 0 Å². The summed E-state index contributed by atoms with van der Waals surface area (Å²) in [6.07, 6.45) is 3.23. The molecule has 0 bridgehead atoms. The van der Waals surface area contributed by atoms with Crippen molar-refractivity contribution in [3.8, 4) is 11.5 Å². The summed E-state index contributed by atoms with van der Waals surface area (Å²) >= 11 is 1.85. The Morgan fingerprint density at radius 3 is 2.59 bits per heavy atom. The Labute approximate surface area is 154 Å². The van der Waals surface area contributed by atoms with Gasteiger partial charge < -0.3 is 20.1 Å². The van der Waals surface area contributed by atoms with Gasteiger partial charge in [0.05, 0.1) is 14.2 Å². The molecular formula is C15H26IN3O2S. The molecule has 5 nitrogen and oxygen atoms in total. The molecule has 0 heterocycles. The summed E-state index contributed by atoms with van der Waals surface area (Å²) < 4.78 is 10.6. The number of aliphatic imine (C=N–C) groups is 1. The summed E-state index contributed by atoms with van der Waals surface area (Å²) in [6, 6.07) is 5.80. The lowest BCUT2D eigenvalue weighted by Gasteiger charge is -2.14. The van der Waals surface area contributed by atoms with Crippen molar-refractivity contribution in [2.75, 3.05) is 39.8 Å². The third-order valence-electron chi connectivity index (χ3n) is 2.98. The van der Waals surface area contributed by atoms with Crippen LogP contribution in [0.2, 0.25) is 0 Å². The standard InChI is InChI=1S/C15H25N3O2S.HI/c1-16-15(17-8-5-9-21-4)18-11-12-6-7-13(19-2)10-14(12)20-3;/h6-7,10H,5,8-9,11H2,1-4H3,(H2,16,17,18);1H. The number of guanidine groups is 1. The zero-order valence-electron chi connectivity index (χ0n) is 13.6. The Morgan fingerprint density at radius 2 is 2.00 bits per heavy atom. The van der Waals surface area contributed by atoms with E-state index in [1.807, 2.05) is 30.0 Å². The summed E-state index contributed by atoms with van der Waals surface area (Å²) in [7, 11) is 5.08. The first-order valence-corrected chi connectivity index (χ1v) is 8.29. The van der Waals surface area contributed by atoms with E-state index in [9.17, 15) is 0 Å². The largest absolute Gasteiger partial charge is 0.497 e. The molecule has 0 amide bonds. The van der Waals surface area contributed by atoms with Crippen molar-refractivity contribution in [2.45, 2.75) is 13.0 Å². The van der Waals surface area contributed by atoms with Crippen molar-refractivity contribution in [3.05, 3.63) is 23.8 Å². The average molecular weight is 439 g/mol. The number of hydrogen-bond donors (Lipinski definition) is 2. The van der Waals surface area contributed by atoms with E-state index in [2.05, 4.69) is 21.9 Å². The molecule has 0 aliphatic rings. The second kappa shape index (κ2) is 12.7. The topological polar surface area (TPSA) is 54.9 Å². The van der Waals surface area contributed by atoms with Crippen LogP contribution in [-0.2, 0) is 6.54 Å². The van der Waals surface area contributed by atoms with E-state index < -0.39 is 0 Å². The first-order valence-electron chi connectivity index (χ1n) is 6.89. The minimum atomic E-state index is 0. The fourth-order valence-corrected chi connectivity index (χ4v) is 2.25. The number of rotatable bonds is 8. The third kappa shape index (κ3) is 7.44. The van der Waals surface area contributed by atoms with E-state index in [1.165, 1.54) is 0 Å². The summed E-state index contributed by atoms with van der Waals surface area (Å²) in [5, 5.41) is 6.58. The molecule has 7 heteroatoms. The van der Waals surface area contributed by atoms with Crippen molar-refractivity contribution in [3.63, 3.8) is 0 Å². The van der Waals surface area contributed by atoms with E-state index >= 15 is 0 Å². The lowest BCUT2D eigenvalue weighted by molar-refractivity contribution is 0.390. The summed E-state index contributed by atoms with van der Waals surface area (Å²) in [5.41, 5.74) is 1.06. The number of benzene rings is 1. The van der Waals surface area contributed by atoms with Crippen molar-refractivity contribution in [2.24, 2.45) is 4.99 Å². The normalized spacial score (nSPS) is 10.6. The van der Waals surface area contributed by atoms with Crippen LogP contribution in [0.15, 0.2) is 23.2 Å². The predicted octanol–water partition coefficient (Wildman–Crippen LogP) is 2.74. The van der Waals surface area contributed by atoms with Crippen molar-refractivity contribution >= 4 is 41.7 Å². The molecule has 0 aliphatic carbocycles. The number of nitrogens with zero attached hydrogens (tertiary/aromatic N) is 1.